The number of rotatable bonds is 9. The summed E-state index contributed by atoms with van der Waals surface area (Å²) in [5.74, 6) is -2.35. The van der Waals surface area contributed by atoms with Gasteiger partial charge in [0, 0.05) is 23.2 Å². The fourth-order valence-electron chi connectivity index (χ4n) is 4.64. The molecule has 3 aromatic heterocycles. The van der Waals surface area contributed by atoms with Gasteiger partial charge in [0.25, 0.3) is 11.7 Å². The number of hydrogen-bond donors (Lipinski definition) is 1. The number of halogens is 7. The Balaban J connectivity index is 1.49. The molecule has 0 aliphatic rings. The van der Waals surface area contributed by atoms with Gasteiger partial charge in [0.05, 0.1) is 26.8 Å². The second-order valence-electron chi connectivity index (χ2n) is 10.1. The summed E-state index contributed by atoms with van der Waals surface area (Å²) in [5, 5.41) is 18.1. The Kier molecular flexibility index (Phi) is 9.68. The average Bonchev–Trinajstić information content (AvgIpc) is 3.63. The van der Waals surface area contributed by atoms with Crippen LogP contribution in [-0.4, -0.2) is 46.7 Å². The van der Waals surface area contributed by atoms with Gasteiger partial charge in [-0.05, 0) is 72.1 Å². The Morgan fingerprint density at radius 1 is 1.00 bits per heavy atom. The van der Waals surface area contributed by atoms with Gasteiger partial charge in [-0.25, -0.2) is 9.67 Å². The summed E-state index contributed by atoms with van der Waals surface area (Å²) >= 11 is 25.2. The summed E-state index contributed by atoms with van der Waals surface area (Å²) < 4.78 is 40.2. The highest BCUT2D eigenvalue weighted by Crippen LogP contribution is 2.31. The highest BCUT2D eigenvalue weighted by Gasteiger charge is 2.37. The third-order valence-electron chi connectivity index (χ3n) is 6.81. The molecular formula is C29H21Cl4F3N8O2. The summed E-state index contributed by atoms with van der Waals surface area (Å²) in [6.07, 6.45) is -3.64. The van der Waals surface area contributed by atoms with Crippen molar-refractivity contribution in [1.82, 2.24) is 40.3 Å². The molecule has 0 aliphatic heterocycles. The molecule has 5 aromatic rings. The molecule has 17 heteroatoms. The van der Waals surface area contributed by atoms with Crippen LogP contribution in [0.15, 0.2) is 54.7 Å². The number of carbonyl (C=O) groups excluding carboxylic acids is 2. The molecule has 3 heterocycles. The Bertz CT molecular complexity index is 1960. The molecule has 0 spiro atoms. The van der Waals surface area contributed by atoms with Crippen LogP contribution in [0.2, 0.25) is 20.1 Å². The first-order chi connectivity index (χ1) is 21.7. The van der Waals surface area contributed by atoms with Crippen molar-refractivity contribution >= 4 is 58.1 Å². The number of nitrogens with zero attached hydrogens (tertiary/aromatic N) is 7. The number of benzene rings is 2. The van der Waals surface area contributed by atoms with Crippen molar-refractivity contribution in [1.29, 1.82) is 0 Å². The van der Waals surface area contributed by atoms with E-state index in [1.165, 1.54) is 29.1 Å². The second-order valence-corrected chi connectivity index (χ2v) is 11.7. The molecule has 1 atom stereocenters. The first-order valence-electron chi connectivity index (χ1n) is 13.3. The van der Waals surface area contributed by atoms with Crippen molar-refractivity contribution < 1.29 is 22.8 Å². The van der Waals surface area contributed by atoms with Gasteiger partial charge in [-0.2, -0.15) is 23.1 Å². The van der Waals surface area contributed by atoms with Crippen LogP contribution < -0.4 is 5.32 Å². The fraction of sp³-hybridized carbons (Fsp3) is 0.207. The van der Waals surface area contributed by atoms with E-state index < -0.39 is 29.7 Å². The maximum Gasteiger partial charge on any atom is 0.455 e. The molecular weight excluding hydrogens is 691 g/mol. The van der Waals surface area contributed by atoms with E-state index in [1.54, 1.807) is 44.2 Å². The van der Waals surface area contributed by atoms with Gasteiger partial charge in [0.15, 0.2) is 11.6 Å². The van der Waals surface area contributed by atoms with Crippen LogP contribution in [-0.2, 0) is 19.1 Å². The minimum absolute atomic E-state index is 0.00783. The lowest BCUT2D eigenvalue weighted by Crippen LogP contribution is -2.28. The zero-order valence-electron chi connectivity index (χ0n) is 23.8. The van der Waals surface area contributed by atoms with E-state index in [0.29, 0.717) is 31.5 Å². The summed E-state index contributed by atoms with van der Waals surface area (Å²) in [7, 11) is 0. The largest absolute Gasteiger partial charge is 0.455 e. The SMILES string of the molecule is Cc1cc(Cl)cc(C(=O)NC(C)c2cccc(Cl)c2Cl)c1CC(=O)c1cc(Cn2nnc(C(F)(F)F)n2)nn1-c1ncccc1Cl. The van der Waals surface area contributed by atoms with Gasteiger partial charge >= 0.3 is 6.18 Å². The van der Waals surface area contributed by atoms with Gasteiger partial charge in [0.1, 0.15) is 12.2 Å². The molecule has 2 aromatic carbocycles. The van der Waals surface area contributed by atoms with E-state index in [9.17, 15) is 22.8 Å². The molecule has 5 rings (SSSR count). The van der Waals surface area contributed by atoms with Crippen LogP contribution in [0.4, 0.5) is 13.2 Å². The number of carbonyl (C=O) groups is 2. The molecule has 46 heavy (non-hydrogen) atoms. The topological polar surface area (TPSA) is 120 Å². The van der Waals surface area contributed by atoms with E-state index in [0.717, 1.165) is 0 Å². The van der Waals surface area contributed by atoms with Crippen LogP contribution in [0.25, 0.3) is 5.82 Å². The molecule has 0 fully saturated rings. The summed E-state index contributed by atoms with van der Waals surface area (Å²) in [5.41, 5.74) is 1.79. The number of nitrogens with one attached hydrogen (secondary N) is 1. The smallest absolute Gasteiger partial charge is 0.345 e. The van der Waals surface area contributed by atoms with Gasteiger partial charge in [-0.1, -0.05) is 58.5 Å². The molecule has 0 saturated carbocycles. The van der Waals surface area contributed by atoms with Crippen LogP contribution in [0, 0.1) is 6.92 Å². The zero-order valence-corrected chi connectivity index (χ0v) is 26.8. The molecule has 0 saturated heterocycles. The third kappa shape index (κ3) is 7.17. The number of ketones is 1. The van der Waals surface area contributed by atoms with Crippen molar-refractivity contribution in [2.24, 2.45) is 0 Å². The monoisotopic (exact) mass is 710 g/mol. The van der Waals surface area contributed by atoms with Crippen molar-refractivity contribution in [2.45, 2.75) is 39.0 Å². The molecule has 1 unspecified atom stereocenters. The molecule has 10 nitrogen and oxygen atoms in total. The second kappa shape index (κ2) is 13.4. The number of aromatic nitrogens is 7. The maximum absolute atomic E-state index is 13.9. The quantitative estimate of drug-likeness (QED) is 0.161. The average molecular weight is 712 g/mol. The molecule has 1 amide bonds. The van der Waals surface area contributed by atoms with Crippen LogP contribution in [0.1, 0.15) is 62.0 Å². The molecule has 1 N–H and O–H groups in total. The summed E-state index contributed by atoms with van der Waals surface area (Å²) in [4.78, 5) is 32.4. The zero-order chi connectivity index (χ0) is 33.3. The van der Waals surface area contributed by atoms with Crippen molar-refractivity contribution in [3.05, 3.63) is 114 Å². The number of aryl methyl sites for hydroxylation is 1. The molecule has 0 bridgehead atoms. The Morgan fingerprint density at radius 3 is 2.43 bits per heavy atom. The lowest BCUT2D eigenvalue weighted by molar-refractivity contribution is -0.145. The number of hydrogen-bond acceptors (Lipinski definition) is 7. The predicted molar refractivity (Wildman–Crippen MR) is 165 cm³/mol. The number of Topliss-reactive ketones (excluding diaryl/α,β-unsaturated/α-hetero) is 1. The first-order valence-corrected chi connectivity index (χ1v) is 14.9. The highest BCUT2D eigenvalue weighted by atomic mass is 35.5. The van der Waals surface area contributed by atoms with E-state index in [-0.39, 0.29) is 45.8 Å². The van der Waals surface area contributed by atoms with Crippen LogP contribution in [0.5, 0.6) is 0 Å². The van der Waals surface area contributed by atoms with E-state index in [4.69, 9.17) is 46.4 Å². The number of amides is 1. The van der Waals surface area contributed by atoms with Gasteiger partial charge in [0.2, 0.25) is 0 Å². The minimum atomic E-state index is -4.79. The number of alkyl halides is 3. The van der Waals surface area contributed by atoms with E-state index in [2.05, 4.69) is 30.8 Å². The third-order valence-corrected chi connectivity index (χ3v) is 8.16. The molecule has 0 radical (unpaired) electrons. The van der Waals surface area contributed by atoms with Crippen LogP contribution >= 0.6 is 46.4 Å². The maximum atomic E-state index is 13.9. The van der Waals surface area contributed by atoms with Crippen molar-refractivity contribution in [3.8, 4) is 5.82 Å². The summed E-state index contributed by atoms with van der Waals surface area (Å²) in [6.45, 7) is 3.09. The molecule has 238 valence electrons. The minimum Gasteiger partial charge on any atom is -0.345 e. The number of pyridine rings is 1. The van der Waals surface area contributed by atoms with Crippen LogP contribution in [0.3, 0.4) is 0 Å². The van der Waals surface area contributed by atoms with E-state index in [1.807, 2.05) is 0 Å². The number of tetrazole rings is 1. The van der Waals surface area contributed by atoms with Gasteiger partial charge in [-0.15, -0.1) is 10.2 Å². The first kappa shape index (κ1) is 33.3. The van der Waals surface area contributed by atoms with E-state index >= 15 is 0 Å². The van der Waals surface area contributed by atoms with Crippen molar-refractivity contribution in [3.63, 3.8) is 0 Å². The standard InChI is InChI=1S/C29H21Cl4F3N8O2/c1-14-9-16(30)10-20(27(46)38-15(2)18-5-3-6-21(31)25(18)33)19(14)12-24(45)23-11-17(13-43-41-28(39-42-43)29(34,35)36)40-44(23)26-22(32)7-4-8-37-26/h3-11,15H,12-13H2,1-2H3,(H,38,46). The summed E-state index contributed by atoms with van der Waals surface area (Å²) in [6, 6.07) is 12.0. The lowest BCUT2D eigenvalue weighted by Gasteiger charge is -2.19. The van der Waals surface area contributed by atoms with Gasteiger partial charge in [-0.3, -0.25) is 9.59 Å². The Hall–Kier alpha value is -4.04. The highest BCUT2D eigenvalue weighted by molar-refractivity contribution is 6.42. The van der Waals surface area contributed by atoms with Crippen molar-refractivity contribution in [2.75, 3.05) is 0 Å². The predicted octanol–water partition coefficient (Wildman–Crippen LogP) is 7.16. The molecule has 0 aliphatic carbocycles. The Labute approximate surface area is 279 Å². The van der Waals surface area contributed by atoms with Gasteiger partial charge < -0.3 is 5.32 Å². The Morgan fingerprint density at radius 2 is 1.74 bits per heavy atom. The fourth-order valence-corrected chi connectivity index (χ4v) is 5.58. The lowest BCUT2D eigenvalue weighted by atomic mass is 9.95. The normalized spacial score (nSPS) is 12.3.